The molecule has 2 aliphatic rings. The number of halogens is 2. The average molecular weight is 646 g/mol. The molecule has 1 saturated heterocycles. The lowest BCUT2D eigenvalue weighted by Crippen LogP contribution is -2.60. The van der Waals surface area contributed by atoms with Gasteiger partial charge in [-0.15, -0.1) is 0 Å². The molecule has 0 radical (unpaired) electrons. The maximum Gasteiger partial charge on any atom is 0.315 e. The average Bonchev–Trinajstić information content (AvgIpc) is 2.95. The van der Waals surface area contributed by atoms with E-state index < -0.39 is 22.8 Å². The van der Waals surface area contributed by atoms with Crippen LogP contribution in [0, 0.1) is 23.6 Å². The molecule has 1 aromatic carbocycles. The highest BCUT2D eigenvalue weighted by Gasteiger charge is 2.47. The molecule has 0 spiro atoms. The van der Waals surface area contributed by atoms with Gasteiger partial charge in [-0.1, -0.05) is 51.1 Å². The molecular formula is C36H57F2N5O3. The Morgan fingerprint density at radius 1 is 1.04 bits per heavy atom. The minimum absolute atomic E-state index is 0.0448. The summed E-state index contributed by atoms with van der Waals surface area (Å²) in [6.45, 7) is 14.5. The molecule has 8 nitrogen and oxygen atoms in total. The number of allylic oxidation sites excluding steroid dienone is 3. The van der Waals surface area contributed by atoms with Crippen molar-refractivity contribution in [3.05, 3.63) is 59.4 Å². The topological polar surface area (TPSA) is 120 Å². The molecule has 0 aromatic heterocycles. The van der Waals surface area contributed by atoms with Crippen molar-refractivity contribution in [3.8, 4) is 0 Å². The Morgan fingerprint density at radius 3 is 2.22 bits per heavy atom. The molecule has 6 N–H and O–H groups in total. The first-order chi connectivity index (χ1) is 21.4. The highest BCUT2D eigenvalue weighted by atomic mass is 19.1. The fraction of sp³-hybridized carbons (Fsp3) is 0.667. The van der Waals surface area contributed by atoms with Gasteiger partial charge in [-0.2, -0.15) is 5.06 Å². The minimum Gasteiger partial charge on any atom is -0.354 e. The van der Waals surface area contributed by atoms with Gasteiger partial charge >= 0.3 is 6.03 Å². The molecule has 3 unspecified atom stereocenters. The van der Waals surface area contributed by atoms with E-state index >= 15 is 0 Å². The van der Waals surface area contributed by atoms with Crippen molar-refractivity contribution in [1.29, 1.82) is 0 Å². The minimum atomic E-state index is -1.03. The van der Waals surface area contributed by atoms with Crippen LogP contribution in [-0.2, 0) is 11.2 Å². The third-order valence-corrected chi connectivity index (χ3v) is 9.41. The number of nitrogens with two attached hydrogens (primary N) is 1. The Balaban J connectivity index is 1.74. The van der Waals surface area contributed by atoms with Gasteiger partial charge in [-0.05, 0) is 101 Å². The molecule has 3 rings (SSSR count). The van der Waals surface area contributed by atoms with Crippen molar-refractivity contribution >= 4 is 11.9 Å². The van der Waals surface area contributed by atoms with E-state index in [-0.39, 0.29) is 55.1 Å². The van der Waals surface area contributed by atoms with Crippen LogP contribution < -0.4 is 21.7 Å². The van der Waals surface area contributed by atoms with Crippen LogP contribution in [0.5, 0.6) is 0 Å². The van der Waals surface area contributed by atoms with E-state index in [0.717, 1.165) is 17.6 Å². The van der Waals surface area contributed by atoms with Gasteiger partial charge in [0.15, 0.2) is 0 Å². The molecule has 1 fully saturated rings. The van der Waals surface area contributed by atoms with E-state index in [1.165, 1.54) is 17.2 Å². The second-order valence-corrected chi connectivity index (χ2v) is 15.3. The standard InChI is InChI=1S/C36H57F2N5O3/c1-24(2)18-31(39)25(3)19-36(20-26-8-12-29(37)13-9-26,21-27-10-14-30(38)15-11-27)42-33(45)41-17-16-40-32(44)28-22-34(4,5)43(46)35(6,7)23-28/h8-14,24-25,28,30-31,46H,15-23,39H2,1-7H3,(H,40,44)(H2,41,42,45)/t25?,30?,31-,36?/m0/s1. The number of urea groups is 1. The highest BCUT2D eigenvalue weighted by Crippen LogP contribution is 2.40. The second-order valence-electron chi connectivity index (χ2n) is 15.3. The molecule has 1 aliphatic heterocycles. The van der Waals surface area contributed by atoms with Gasteiger partial charge in [0.05, 0.1) is 5.54 Å². The quantitative estimate of drug-likeness (QED) is 0.155. The molecular weight excluding hydrogens is 588 g/mol. The Labute approximate surface area is 274 Å². The first kappa shape index (κ1) is 37.6. The van der Waals surface area contributed by atoms with Crippen molar-refractivity contribution in [1.82, 2.24) is 21.0 Å². The van der Waals surface area contributed by atoms with Crippen molar-refractivity contribution in [2.24, 2.45) is 23.5 Å². The maximum atomic E-state index is 14.0. The fourth-order valence-corrected chi connectivity index (χ4v) is 7.29. The van der Waals surface area contributed by atoms with Crippen LogP contribution in [0.3, 0.4) is 0 Å². The van der Waals surface area contributed by atoms with Gasteiger partial charge in [0.1, 0.15) is 12.0 Å². The summed E-state index contributed by atoms with van der Waals surface area (Å²) in [5.74, 6) is -0.243. The summed E-state index contributed by atoms with van der Waals surface area (Å²) >= 11 is 0. The van der Waals surface area contributed by atoms with Crippen LogP contribution >= 0.6 is 0 Å². The zero-order valence-corrected chi connectivity index (χ0v) is 28.8. The number of hydroxylamine groups is 2. The van der Waals surface area contributed by atoms with Crippen LogP contribution in [-0.4, -0.2) is 64.1 Å². The number of hydrogen-bond donors (Lipinski definition) is 5. The smallest absolute Gasteiger partial charge is 0.315 e. The largest absolute Gasteiger partial charge is 0.354 e. The summed E-state index contributed by atoms with van der Waals surface area (Å²) in [4.78, 5) is 26.6. The zero-order chi connectivity index (χ0) is 34.3. The van der Waals surface area contributed by atoms with Crippen LogP contribution in [0.15, 0.2) is 48.1 Å². The Hall–Kier alpha value is -2.82. The van der Waals surface area contributed by atoms with Crippen molar-refractivity contribution in [3.63, 3.8) is 0 Å². The van der Waals surface area contributed by atoms with Gasteiger partial charge < -0.3 is 26.9 Å². The number of amides is 3. The zero-order valence-electron chi connectivity index (χ0n) is 28.8. The predicted octanol–water partition coefficient (Wildman–Crippen LogP) is 6.19. The predicted molar refractivity (Wildman–Crippen MR) is 179 cm³/mol. The van der Waals surface area contributed by atoms with Crippen LogP contribution in [0.4, 0.5) is 13.6 Å². The Morgan fingerprint density at radius 2 is 1.65 bits per heavy atom. The van der Waals surface area contributed by atoms with Crippen molar-refractivity contribution in [2.45, 2.75) is 122 Å². The van der Waals surface area contributed by atoms with E-state index in [9.17, 15) is 23.6 Å². The summed E-state index contributed by atoms with van der Waals surface area (Å²) < 4.78 is 27.8. The van der Waals surface area contributed by atoms with E-state index in [1.807, 2.05) is 33.8 Å². The molecule has 4 atom stereocenters. The summed E-state index contributed by atoms with van der Waals surface area (Å²) in [6, 6.07) is 5.80. The van der Waals surface area contributed by atoms with Crippen LogP contribution in [0.25, 0.3) is 0 Å². The molecule has 0 saturated carbocycles. The molecule has 1 aliphatic carbocycles. The van der Waals surface area contributed by atoms with Crippen molar-refractivity contribution < 1.29 is 23.6 Å². The van der Waals surface area contributed by atoms with E-state index in [2.05, 4.69) is 36.7 Å². The summed E-state index contributed by atoms with van der Waals surface area (Å²) in [5, 5.41) is 21.0. The third-order valence-electron chi connectivity index (χ3n) is 9.41. The molecule has 3 amide bonds. The fourth-order valence-electron chi connectivity index (χ4n) is 7.29. The number of piperidine rings is 1. The SMILES string of the molecule is CC(C)C[C@H](N)C(C)CC(CC1=CCC(F)C=C1)(Cc1ccc(F)cc1)NC(=O)NCCNC(=O)C1CC(C)(C)N(O)C(C)(C)C1. The van der Waals surface area contributed by atoms with Gasteiger partial charge in [-0.25, -0.2) is 13.6 Å². The van der Waals surface area contributed by atoms with E-state index in [1.54, 1.807) is 24.3 Å². The number of nitrogens with zero attached hydrogens (tertiary/aromatic N) is 1. The van der Waals surface area contributed by atoms with Crippen LogP contribution in [0.2, 0.25) is 0 Å². The van der Waals surface area contributed by atoms with Gasteiger partial charge in [0.25, 0.3) is 0 Å². The second kappa shape index (κ2) is 15.8. The number of hydrogen-bond acceptors (Lipinski definition) is 5. The number of carbonyl (C=O) groups excluding carboxylic acids is 2. The van der Waals surface area contributed by atoms with Crippen molar-refractivity contribution in [2.75, 3.05) is 13.1 Å². The Bertz CT molecular complexity index is 1210. The highest BCUT2D eigenvalue weighted by molar-refractivity contribution is 5.79. The lowest BCUT2D eigenvalue weighted by Gasteiger charge is -2.51. The molecule has 1 aromatic rings. The summed E-state index contributed by atoms with van der Waals surface area (Å²) in [6.07, 6.45) is 7.74. The van der Waals surface area contributed by atoms with E-state index in [4.69, 9.17) is 5.73 Å². The maximum absolute atomic E-state index is 14.0. The lowest BCUT2D eigenvalue weighted by molar-refractivity contribution is -0.249. The first-order valence-corrected chi connectivity index (χ1v) is 16.8. The monoisotopic (exact) mass is 645 g/mol. The summed E-state index contributed by atoms with van der Waals surface area (Å²) in [7, 11) is 0. The lowest BCUT2D eigenvalue weighted by atomic mass is 9.75. The van der Waals surface area contributed by atoms with Gasteiger partial charge in [0.2, 0.25) is 5.91 Å². The Kier molecular flexibility index (Phi) is 13.0. The molecule has 46 heavy (non-hydrogen) atoms. The van der Waals surface area contributed by atoms with Crippen LogP contribution in [0.1, 0.15) is 92.6 Å². The first-order valence-electron chi connectivity index (χ1n) is 16.8. The van der Waals surface area contributed by atoms with E-state index in [0.29, 0.717) is 38.0 Å². The number of alkyl halides is 1. The molecule has 0 bridgehead atoms. The number of carbonyl (C=O) groups is 2. The number of nitrogens with one attached hydrogen (secondary N) is 3. The normalized spacial score (nSPS) is 22.4. The number of benzene rings is 1. The number of rotatable bonds is 14. The molecule has 1 heterocycles. The molecule has 258 valence electrons. The third kappa shape index (κ3) is 10.9. The van der Waals surface area contributed by atoms with Gasteiger partial charge in [0, 0.05) is 42.5 Å². The molecule has 10 heteroatoms. The summed E-state index contributed by atoms with van der Waals surface area (Å²) in [5.41, 5.74) is 6.54. The van der Waals surface area contributed by atoms with Gasteiger partial charge in [-0.3, -0.25) is 4.79 Å².